The van der Waals surface area contributed by atoms with Gasteiger partial charge in [-0.05, 0) is 13.8 Å². The molecule has 0 aromatic rings. The molecule has 0 bridgehead atoms. The fourth-order valence-corrected chi connectivity index (χ4v) is 1.09. The number of amides is 1. The van der Waals surface area contributed by atoms with Crippen LogP contribution in [0.2, 0.25) is 0 Å². The molecule has 0 aliphatic rings. The van der Waals surface area contributed by atoms with Crippen LogP contribution in [0.1, 0.15) is 20.3 Å². The average Bonchev–Trinajstić information content (AvgIpc) is 2.14. The zero-order valence-electron chi connectivity index (χ0n) is 8.47. The highest BCUT2D eigenvalue weighted by Gasteiger charge is 2.07. The first-order valence-electron chi connectivity index (χ1n) is 4.68. The van der Waals surface area contributed by atoms with Gasteiger partial charge < -0.3 is 10.2 Å². The fraction of sp³-hybridized carbons (Fsp3) is 0.700. The van der Waals surface area contributed by atoms with E-state index in [1.54, 1.807) is 0 Å². The van der Waals surface area contributed by atoms with E-state index in [2.05, 4.69) is 11.2 Å². The van der Waals surface area contributed by atoms with Crippen LogP contribution in [-0.4, -0.2) is 37.0 Å². The molecule has 0 fully saturated rings. The van der Waals surface area contributed by atoms with Gasteiger partial charge in [0, 0.05) is 26.1 Å². The molecular formula is C10H18N2O. The van der Waals surface area contributed by atoms with Crippen LogP contribution in [0.15, 0.2) is 0 Å². The van der Waals surface area contributed by atoms with E-state index in [1.165, 1.54) is 0 Å². The summed E-state index contributed by atoms with van der Waals surface area (Å²) in [6.45, 7) is 6.73. The molecule has 0 saturated heterocycles. The quantitative estimate of drug-likeness (QED) is 0.478. The maximum Gasteiger partial charge on any atom is 0.223 e. The van der Waals surface area contributed by atoms with Crippen molar-refractivity contribution in [1.82, 2.24) is 10.2 Å². The van der Waals surface area contributed by atoms with E-state index in [1.807, 2.05) is 18.7 Å². The first-order chi connectivity index (χ1) is 6.26. The van der Waals surface area contributed by atoms with E-state index < -0.39 is 0 Å². The molecule has 0 aliphatic carbocycles. The molecule has 74 valence electrons. The molecule has 0 heterocycles. The number of nitrogens with one attached hydrogen (secondary N) is 1. The fourth-order valence-electron chi connectivity index (χ4n) is 1.09. The summed E-state index contributed by atoms with van der Waals surface area (Å²) in [6, 6.07) is 0. The summed E-state index contributed by atoms with van der Waals surface area (Å²) in [5, 5.41) is 2.99. The summed E-state index contributed by atoms with van der Waals surface area (Å²) in [7, 11) is 0. The van der Waals surface area contributed by atoms with Crippen LogP contribution in [0.3, 0.4) is 0 Å². The highest BCUT2D eigenvalue weighted by molar-refractivity contribution is 5.76. The second-order valence-electron chi connectivity index (χ2n) is 2.70. The summed E-state index contributed by atoms with van der Waals surface area (Å²) >= 11 is 0. The zero-order valence-corrected chi connectivity index (χ0v) is 8.47. The maximum atomic E-state index is 11.4. The Balaban J connectivity index is 3.55. The number of hydrogen-bond donors (Lipinski definition) is 1. The third kappa shape index (κ3) is 5.26. The summed E-state index contributed by atoms with van der Waals surface area (Å²) in [5.74, 6) is 2.65. The van der Waals surface area contributed by atoms with Crippen molar-refractivity contribution < 1.29 is 4.79 Å². The lowest BCUT2D eigenvalue weighted by atomic mass is 10.3. The van der Waals surface area contributed by atoms with Crippen molar-refractivity contribution in [3.63, 3.8) is 0 Å². The second kappa shape index (κ2) is 7.63. The summed E-state index contributed by atoms with van der Waals surface area (Å²) in [4.78, 5) is 13.2. The van der Waals surface area contributed by atoms with Gasteiger partial charge in [0.25, 0.3) is 0 Å². The Morgan fingerprint density at radius 3 is 2.54 bits per heavy atom. The lowest BCUT2D eigenvalue weighted by Gasteiger charge is -2.18. The lowest BCUT2D eigenvalue weighted by molar-refractivity contribution is -0.130. The Morgan fingerprint density at radius 1 is 1.46 bits per heavy atom. The molecule has 0 atom stereocenters. The average molecular weight is 182 g/mol. The minimum absolute atomic E-state index is 0.189. The van der Waals surface area contributed by atoms with Crippen molar-refractivity contribution in [3.8, 4) is 12.3 Å². The topological polar surface area (TPSA) is 32.3 Å². The van der Waals surface area contributed by atoms with E-state index in [-0.39, 0.29) is 5.91 Å². The van der Waals surface area contributed by atoms with Crippen LogP contribution in [0.25, 0.3) is 0 Å². The standard InChI is InChI=1S/C10H18N2O/c1-4-8-11-9-7-10(13)12(5-2)6-3/h1,11H,5-9H2,2-3H3. The normalized spacial score (nSPS) is 9.31. The Kier molecular flexibility index (Phi) is 7.04. The number of rotatable bonds is 6. The van der Waals surface area contributed by atoms with Crippen molar-refractivity contribution in [2.24, 2.45) is 0 Å². The zero-order chi connectivity index (χ0) is 10.1. The molecule has 3 nitrogen and oxygen atoms in total. The molecule has 0 unspecified atom stereocenters. The third-order valence-electron chi connectivity index (χ3n) is 1.86. The Hall–Kier alpha value is -1.01. The lowest BCUT2D eigenvalue weighted by Crippen LogP contribution is -2.32. The Bertz CT molecular complexity index is 180. The van der Waals surface area contributed by atoms with Crippen molar-refractivity contribution >= 4 is 5.91 Å². The maximum absolute atomic E-state index is 11.4. The third-order valence-corrected chi connectivity index (χ3v) is 1.86. The van der Waals surface area contributed by atoms with E-state index >= 15 is 0 Å². The van der Waals surface area contributed by atoms with E-state index in [0.717, 1.165) is 13.1 Å². The Labute approximate surface area is 80.5 Å². The number of nitrogens with zero attached hydrogens (tertiary/aromatic N) is 1. The van der Waals surface area contributed by atoms with E-state index in [4.69, 9.17) is 6.42 Å². The summed E-state index contributed by atoms with van der Waals surface area (Å²) in [6.07, 6.45) is 5.58. The molecule has 0 saturated carbocycles. The van der Waals surface area contributed by atoms with Gasteiger partial charge in [0.2, 0.25) is 5.91 Å². The SMILES string of the molecule is C#CCNCCC(=O)N(CC)CC. The van der Waals surface area contributed by atoms with E-state index in [9.17, 15) is 4.79 Å². The van der Waals surface area contributed by atoms with Crippen molar-refractivity contribution in [1.29, 1.82) is 0 Å². The smallest absolute Gasteiger partial charge is 0.223 e. The van der Waals surface area contributed by atoms with Gasteiger partial charge in [0.15, 0.2) is 0 Å². The summed E-state index contributed by atoms with van der Waals surface area (Å²) < 4.78 is 0. The Morgan fingerprint density at radius 2 is 2.08 bits per heavy atom. The van der Waals surface area contributed by atoms with E-state index in [0.29, 0.717) is 19.5 Å². The minimum Gasteiger partial charge on any atom is -0.343 e. The largest absolute Gasteiger partial charge is 0.343 e. The highest BCUT2D eigenvalue weighted by atomic mass is 16.2. The van der Waals surface area contributed by atoms with Crippen LogP contribution in [0, 0.1) is 12.3 Å². The van der Waals surface area contributed by atoms with Crippen LogP contribution in [0.4, 0.5) is 0 Å². The molecule has 1 N–H and O–H groups in total. The van der Waals surface area contributed by atoms with Gasteiger partial charge in [0.05, 0.1) is 6.54 Å². The van der Waals surface area contributed by atoms with Crippen LogP contribution >= 0.6 is 0 Å². The molecule has 1 amide bonds. The number of carbonyl (C=O) groups excluding carboxylic acids is 1. The van der Waals surface area contributed by atoms with Crippen molar-refractivity contribution in [3.05, 3.63) is 0 Å². The van der Waals surface area contributed by atoms with Gasteiger partial charge in [0.1, 0.15) is 0 Å². The first kappa shape index (κ1) is 12.0. The minimum atomic E-state index is 0.189. The van der Waals surface area contributed by atoms with Gasteiger partial charge in [-0.15, -0.1) is 6.42 Å². The van der Waals surface area contributed by atoms with Crippen molar-refractivity contribution in [2.75, 3.05) is 26.2 Å². The van der Waals surface area contributed by atoms with Crippen LogP contribution in [0.5, 0.6) is 0 Å². The molecule has 13 heavy (non-hydrogen) atoms. The van der Waals surface area contributed by atoms with Gasteiger partial charge in [-0.25, -0.2) is 0 Å². The predicted octanol–water partition coefficient (Wildman–Crippen LogP) is 0.468. The molecule has 0 aromatic heterocycles. The highest BCUT2D eigenvalue weighted by Crippen LogP contribution is 1.92. The number of carbonyl (C=O) groups is 1. The molecule has 0 aromatic carbocycles. The molecule has 0 rings (SSSR count). The summed E-state index contributed by atoms with van der Waals surface area (Å²) in [5.41, 5.74) is 0. The predicted molar refractivity (Wildman–Crippen MR) is 54.2 cm³/mol. The number of hydrogen-bond acceptors (Lipinski definition) is 2. The second-order valence-corrected chi connectivity index (χ2v) is 2.70. The molecule has 3 heteroatoms. The van der Waals surface area contributed by atoms with Gasteiger partial charge in [-0.3, -0.25) is 4.79 Å². The first-order valence-corrected chi connectivity index (χ1v) is 4.68. The molecular weight excluding hydrogens is 164 g/mol. The van der Waals surface area contributed by atoms with Crippen LogP contribution < -0.4 is 5.32 Å². The van der Waals surface area contributed by atoms with Gasteiger partial charge >= 0.3 is 0 Å². The number of terminal acetylenes is 1. The molecule has 0 aliphatic heterocycles. The van der Waals surface area contributed by atoms with Crippen molar-refractivity contribution in [2.45, 2.75) is 20.3 Å². The van der Waals surface area contributed by atoms with Gasteiger partial charge in [-0.1, -0.05) is 5.92 Å². The van der Waals surface area contributed by atoms with Gasteiger partial charge in [-0.2, -0.15) is 0 Å². The molecule has 0 spiro atoms. The monoisotopic (exact) mass is 182 g/mol. The molecule has 0 radical (unpaired) electrons. The van der Waals surface area contributed by atoms with Crippen LogP contribution in [-0.2, 0) is 4.79 Å².